The van der Waals surface area contributed by atoms with Gasteiger partial charge in [-0.05, 0) is 36.2 Å². The van der Waals surface area contributed by atoms with Gasteiger partial charge in [0, 0.05) is 12.3 Å². The highest BCUT2D eigenvalue weighted by atomic mass is 16.5. The van der Waals surface area contributed by atoms with E-state index in [2.05, 4.69) is 26.8 Å². The molecule has 4 nitrogen and oxygen atoms in total. The Labute approximate surface area is 125 Å². The van der Waals surface area contributed by atoms with Crippen molar-refractivity contribution in [2.75, 3.05) is 6.61 Å². The van der Waals surface area contributed by atoms with Gasteiger partial charge in [-0.1, -0.05) is 26.8 Å². The van der Waals surface area contributed by atoms with Gasteiger partial charge in [0.05, 0.1) is 5.92 Å². The minimum atomic E-state index is -0.219. The summed E-state index contributed by atoms with van der Waals surface area (Å²) in [6, 6.07) is 0. The molecule has 21 heavy (non-hydrogen) atoms. The average molecular weight is 292 g/mol. The number of allylic oxidation sites excluding steroid dienone is 1. The molecule has 1 saturated heterocycles. The normalized spacial score (nSPS) is 40.7. The number of carbonyl (C=O) groups is 2. The van der Waals surface area contributed by atoms with Crippen LogP contribution in [-0.4, -0.2) is 24.6 Å². The molecule has 3 rings (SSSR count). The zero-order chi connectivity index (χ0) is 15.4. The van der Waals surface area contributed by atoms with Gasteiger partial charge in [-0.15, -0.1) is 0 Å². The van der Waals surface area contributed by atoms with Crippen LogP contribution in [0.25, 0.3) is 0 Å². The van der Waals surface area contributed by atoms with Crippen molar-refractivity contribution >= 4 is 11.9 Å². The summed E-state index contributed by atoms with van der Waals surface area (Å²) in [6.45, 7) is 8.48. The lowest BCUT2D eigenvalue weighted by Crippen LogP contribution is -2.55. The molecule has 0 amide bonds. The van der Waals surface area contributed by atoms with Crippen LogP contribution in [0, 0.1) is 22.7 Å². The Hall–Kier alpha value is -1.32. The van der Waals surface area contributed by atoms with Crippen molar-refractivity contribution in [2.24, 2.45) is 22.7 Å². The van der Waals surface area contributed by atoms with Crippen LogP contribution < -0.4 is 0 Å². The highest BCUT2D eigenvalue weighted by molar-refractivity contribution is 5.80. The van der Waals surface area contributed by atoms with Gasteiger partial charge in [0.1, 0.15) is 12.7 Å². The molecule has 1 saturated carbocycles. The largest absolute Gasteiger partial charge is 0.462 e. The van der Waals surface area contributed by atoms with E-state index in [9.17, 15) is 9.59 Å². The minimum Gasteiger partial charge on any atom is -0.462 e. The van der Waals surface area contributed by atoms with Crippen molar-refractivity contribution in [3.8, 4) is 0 Å². The number of cyclic esters (lactones) is 1. The van der Waals surface area contributed by atoms with E-state index in [1.807, 2.05) is 0 Å². The average Bonchev–Trinajstić information content (AvgIpc) is 2.76. The Bertz CT molecular complexity index is 519. The van der Waals surface area contributed by atoms with Crippen molar-refractivity contribution < 1.29 is 19.1 Å². The Morgan fingerprint density at radius 2 is 2.10 bits per heavy atom. The predicted octanol–water partition coefficient (Wildman–Crippen LogP) is 2.86. The molecule has 0 unspecified atom stereocenters. The highest BCUT2D eigenvalue weighted by Crippen LogP contribution is 2.61. The summed E-state index contributed by atoms with van der Waals surface area (Å²) in [5.41, 5.74) is 0.932. The number of ether oxygens (including phenoxy) is 2. The van der Waals surface area contributed by atoms with E-state index in [0.717, 1.165) is 24.8 Å². The molecule has 1 aliphatic heterocycles. The first-order valence-corrected chi connectivity index (χ1v) is 7.79. The van der Waals surface area contributed by atoms with Gasteiger partial charge in [0.2, 0.25) is 0 Å². The molecular formula is C17H24O4. The Balaban J connectivity index is 1.96. The zero-order valence-electron chi connectivity index (χ0n) is 13.3. The fourth-order valence-corrected chi connectivity index (χ4v) is 5.00. The van der Waals surface area contributed by atoms with Gasteiger partial charge in [0.25, 0.3) is 0 Å². The first-order valence-electron chi connectivity index (χ1n) is 7.79. The number of hydrogen-bond acceptors (Lipinski definition) is 4. The number of carbonyl (C=O) groups excluding carboxylic acids is 2. The SMILES string of the molecule is CC(=O)O[C@@H]1CC[C@@]2(C)[C@H]3C(=O)OCC3=CC[C@@H]2C1(C)C. The van der Waals surface area contributed by atoms with Crippen LogP contribution in [0.5, 0.6) is 0 Å². The third-order valence-corrected chi connectivity index (χ3v) is 6.04. The lowest BCUT2D eigenvalue weighted by Gasteiger charge is -2.57. The van der Waals surface area contributed by atoms with Crippen LogP contribution in [-0.2, 0) is 19.1 Å². The van der Waals surface area contributed by atoms with E-state index in [0.29, 0.717) is 12.5 Å². The van der Waals surface area contributed by atoms with Crippen molar-refractivity contribution in [1.82, 2.24) is 0 Å². The number of rotatable bonds is 1. The summed E-state index contributed by atoms with van der Waals surface area (Å²) >= 11 is 0. The molecule has 1 heterocycles. The molecule has 0 spiro atoms. The van der Waals surface area contributed by atoms with Crippen molar-refractivity contribution in [2.45, 2.75) is 53.1 Å². The van der Waals surface area contributed by atoms with Crippen LogP contribution in [0.2, 0.25) is 0 Å². The summed E-state index contributed by atoms with van der Waals surface area (Å²) in [5, 5.41) is 0. The second-order valence-corrected chi connectivity index (χ2v) is 7.57. The topological polar surface area (TPSA) is 52.6 Å². The first-order chi connectivity index (χ1) is 9.76. The van der Waals surface area contributed by atoms with E-state index in [1.165, 1.54) is 6.92 Å². The van der Waals surface area contributed by atoms with E-state index >= 15 is 0 Å². The van der Waals surface area contributed by atoms with Crippen LogP contribution in [0.3, 0.4) is 0 Å². The molecule has 0 N–H and O–H groups in total. The molecule has 0 radical (unpaired) electrons. The molecule has 0 aromatic heterocycles. The quantitative estimate of drug-likeness (QED) is 0.551. The second kappa shape index (κ2) is 4.59. The minimum absolute atomic E-state index is 0.0690. The van der Waals surface area contributed by atoms with Gasteiger partial charge < -0.3 is 9.47 Å². The molecule has 2 aliphatic carbocycles. The van der Waals surface area contributed by atoms with E-state index in [4.69, 9.17) is 9.47 Å². The highest BCUT2D eigenvalue weighted by Gasteiger charge is 2.60. The summed E-state index contributed by atoms with van der Waals surface area (Å²) in [5.74, 6) is -0.0736. The van der Waals surface area contributed by atoms with Crippen LogP contribution in [0.15, 0.2) is 11.6 Å². The van der Waals surface area contributed by atoms with Gasteiger partial charge in [0.15, 0.2) is 0 Å². The molecule has 0 bridgehead atoms. The maximum Gasteiger partial charge on any atom is 0.314 e. The fraction of sp³-hybridized carbons (Fsp3) is 0.765. The molecule has 116 valence electrons. The Kier molecular flexibility index (Phi) is 3.19. The van der Waals surface area contributed by atoms with E-state index < -0.39 is 0 Å². The van der Waals surface area contributed by atoms with Gasteiger partial charge in [-0.2, -0.15) is 0 Å². The lowest BCUT2D eigenvalue weighted by atomic mass is 9.48. The van der Waals surface area contributed by atoms with Crippen molar-refractivity contribution in [3.05, 3.63) is 11.6 Å². The predicted molar refractivity (Wildman–Crippen MR) is 77.3 cm³/mol. The zero-order valence-corrected chi connectivity index (χ0v) is 13.3. The van der Waals surface area contributed by atoms with Crippen LogP contribution >= 0.6 is 0 Å². The first kappa shape index (κ1) is 14.6. The third-order valence-electron chi connectivity index (χ3n) is 6.04. The van der Waals surface area contributed by atoms with Crippen molar-refractivity contribution in [1.29, 1.82) is 0 Å². The van der Waals surface area contributed by atoms with E-state index in [-0.39, 0.29) is 34.8 Å². The number of fused-ring (bicyclic) bond motifs is 3. The summed E-state index contributed by atoms with van der Waals surface area (Å²) < 4.78 is 10.8. The van der Waals surface area contributed by atoms with Crippen LogP contribution in [0.4, 0.5) is 0 Å². The number of esters is 2. The van der Waals surface area contributed by atoms with Crippen LogP contribution in [0.1, 0.15) is 47.0 Å². The van der Waals surface area contributed by atoms with Gasteiger partial charge in [-0.3, -0.25) is 9.59 Å². The summed E-state index contributed by atoms with van der Waals surface area (Å²) in [4.78, 5) is 23.6. The van der Waals surface area contributed by atoms with E-state index in [1.54, 1.807) is 0 Å². The van der Waals surface area contributed by atoms with Crippen molar-refractivity contribution in [3.63, 3.8) is 0 Å². The maximum absolute atomic E-state index is 12.2. The molecule has 0 aromatic carbocycles. The molecule has 2 fully saturated rings. The Morgan fingerprint density at radius 3 is 2.76 bits per heavy atom. The molecule has 3 aliphatic rings. The number of hydrogen-bond donors (Lipinski definition) is 0. The summed E-state index contributed by atoms with van der Waals surface area (Å²) in [7, 11) is 0. The molecular weight excluding hydrogens is 268 g/mol. The molecule has 0 aromatic rings. The van der Waals surface area contributed by atoms with Gasteiger partial charge in [-0.25, -0.2) is 0 Å². The second-order valence-electron chi connectivity index (χ2n) is 7.57. The molecule has 4 atom stereocenters. The smallest absolute Gasteiger partial charge is 0.314 e. The Morgan fingerprint density at radius 1 is 1.38 bits per heavy atom. The standard InChI is InChI=1S/C17H24O4/c1-10(18)21-13-7-8-17(4)12(16(13,2)3)6-5-11-9-20-15(19)14(11)17/h5,12-14H,6-9H2,1-4H3/t12-,13-,14-,17-/m1/s1. The molecule has 4 heteroatoms. The lowest BCUT2D eigenvalue weighted by molar-refractivity contribution is -0.175. The fourth-order valence-electron chi connectivity index (χ4n) is 5.00. The monoisotopic (exact) mass is 292 g/mol. The summed E-state index contributed by atoms with van der Waals surface area (Å²) in [6.07, 6.45) is 4.76. The maximum atomic E-state index is 12.2. The third kappa shape index (κ3) is 2.02. The van der Waals surface area contributed by atoms with Gasteiger partial charge >= 0.3 is 11.9 Å².